The van der Waals surface area contributed by atoms with Gasteiger partial charge >= 0.3 is 19.5 Å². The lowest BCUT2D eigenvalue weighted by Crippen LogP contribution is -2.55. The van der Waals surface area contributed by atoms with Crippen molar-refractivity contribution < 1.29 is 38.2 Å². The second-order valence-electron chi connectivity index (χ2n) is 10.7. The van der Waals surface area contributed by atoms with Crippen molar-refractivity contribution in [3.8, 4) is 11.1 Å². The number of nitrogens with zero attached hydrogens (tertiary/aromatic N) is 1. The molecule has 0 saturated carbocycles. The molecule has 2 unspecified atom stereocenters. The van der Waals surface area contributed by atoms with Crippen molar-refractivity contribution in [3.63, 3.8) is 0 Å². The molecule has 12 heteroatoms. The van der Waals surface area contributed by atoms with Gasteiger partial charge in [-0.25, -0.2) is 4.90 Å². The van der Waals surface area contributed by atoms with Crippen LogP contribution in [0.5, 0.6) is 0 Å². The Kier molecular flexibility index (Phi) is 15.6. The van der Waals surface area contributed by atoms with E-state index in [1.807, 2.05) is 54.6 Å². The Morgan fingerprint density at radius 2 is 1.60 bits per heavy atom. The minimum Gasteiger partial charge on any atom is -0.466 e. The van der Waals surface area contributed by atoms with Gasteiger partial charge in [-0.3, -0.25) is 18.9 Å². The predicted octanol–water partition coefficient (Wildman–Crippen LogP) is 3.82. The van der Waals surface area contributed by atoms with E-state index in [2.05, 4.69) is 5.32 Å². The molecule has 11 nitrogen and oxygen atoms in total. The maximum atomic E-state index is 13.6. The highest BCUT2D eigenvalue weighted by Crippen LogP contribution is 2.38. The van der Waals surface area contributed by atoms with Crippen molar-refractivity contribution in [1.29, 1.82) is 0 Å². The van der Waals surface area contributed by atoms with Crippen molar-refractivity contribution in [3.05, 3.63) is 60.2 Å². The van der Waals surface area contributed by atoms with Crippen LogP contribution in [-0.2, 0) is 34.8 Å². The molecule has 0 radical (unpaired) electrons. The van der Waals surface area contributed by atoms with E-state index in [1.165, 1.54) is 4.90 Å². The Balaban J connectivity index is 2.30. The van der Waals surface area contributed by atoms with Crippen molar-refractivity contribution in [2.75, 3.05) is 26.0 Å². The van der Waals surface area contributed by atoms with Crippen LogP contribution in [0.3, 0.4) is 0 Å². The molecule has 0 aliphatic heterocycles. The summed E-state index contributed by atoms with van der Waals surface area (Å²) in [6.45, 7) is 5.91. The Hall–Kier alpha value is -3.08. The Morgan fingerprint density at radius 1 is 0.953 bits per heavy atom. The van der Waals surface area contributed by atoms with E-state index >= 15 is 0 Å². The summed E-state index contributed by atoms with van der Waals surface area (Å²) in [6, 6.07) is 16.2. The van der Waals surface area contributed by atoms with Crippen LogP contribution in [0.25, 0.3) is 11.1 Å². The van der Waals surface area contributed by atoms with E-state index in [4.69, 9.17) is 15.2 Å². The molecule has 238 valence electrons. The smallest absolute Gasteiger partial charge is 0.339 e. The molecule has 0 aliphatic carbocycles. The fourth-order valence-electron chi connectivity index (χ4n) is 4.51. The average Bonchev–Trinajstić information content (AvgIpc) is 2.97. The molecule has 0 heterocycles. The molecule has 2 aromatic rings. The number of benzene rings is 2. The normalized spacial score (nSPS) is 13.0. The number of nitrogens with one attached hydrogen (secondary N) is 1. The number of amides is 1. The van der Waals surface area contributed by atoms with Gasteiger partial charge in [-0.2, -0.15) is 0 Å². The second kappa shape index (κ2) is 18.6. The molecule has 0 aliphatic rings. The lowest BCUT2D eigenvalue weighted by atomic mass is 9.99. The van der Waals surface area contributed by atoms with Crippen LogP contribution < -0.4 is 11.1 Å². The quantitative estimate of drug-likeness (QED) is 0.0785. The fourth-order valence-corrected chi connectivity index (χ4v) is 5.29. The fraction of sp³-hybridized carbons (Fsp3) is 0.516. The second-order valence-corrected chi connectivity index (χ2v) is 12.3. The van der Waals surface area contributed by atoms with Crippen LogP contribution in [0.15, 0.2) is 54.6 Å². The van der Waals surface area contributed by atoms with E-state index in [0.29, 0.717) is 13.0 Å². The van der Waals surface area contributed by atoms with Crippen LogP contribution in [0, 0.1) is 5.92 Å². The average molecular weight is 620 g/mol. The minimum atomic E-state index is -4.70. The molecule has 0 aromatic heterocycles. The highest BCUT2D eigenvalue weighted by atomic mass is 31.2. The van der Waals surface area contributed by atoms with E-state index < -0.39 is 49.9 Å². The van der Waals surface area contributed by atoms with Crippen LogP contribution in [-0.4, -0.2) is 70.8 Å². The highest BCUT2D eigenvalue weighted by molar-refractivity contribution is 7.51. The van der Waals surface area contributed by atoms with Crippen LogP contribution >= 0.6 is 7.60 Å². The Labute approximate surface area is 254 Å². The molecule has 5 N–H and O–H groups in total. The Bertz CT molecular complexity index is 1190. The van der Waals surface area contributed by atoms with Gasteiger partial charge < -0.3 is 30.3 Å². The molecule has 2 atom stereocenters. The largest absolute Gasteiger partial charge is 0.466 e. The zero-order valence-corrected chi connectivity index (χ0v) is 26.2. The summed E-state index contributed by atoms with van der Waals surface area (Å²) >= 11 is 0. The number of carbonyl (C=O) groups excluding carboxylic acids is 3. The van der Waals surface area contributed by atoms with E-state index in [1.54, 1.807) is 20.8 Å². The summed E-state index contributed by atoms with van der Waals surface area (Å²) in [4.78, 5) is 59.4. The number of esters is 2. The third-order valence-corrected chi connectivity index (χ3v) is 7.41. The summed E-state index contributed by atoms with van der Waals surface area (Å²) < 4.78 is 23.1. The molecule has 0 fully saturated rings. The van der Waals surface area contributed by atoms with Gasteiger partial charge in [0.15, 0.2) is 6.23 Å². The lowest BCUT2D eigenvalue weighted by molar-refractivity contribution is -0.168. The first-order chi connectivity index (χ1) is 20.4. The van der Waals surface area contributed by atoms with Crippen LogP contribution in [0.2, 0.25) is 0 Å². The van der Waals surface area contributed by atoms with Crippen molar-refractivity contribution in [2.24, 2.45) is 11.7 Å². The van der Waals surface area contributed by atoms with Crippen LogP contribution in [0.4, 0.5) is 0 Å². The Morgan fingerprint density at radius 3 is 2.19 bits per heavy atom. The third kappa shape index (κ3) is 13.4. The first kappa shape index (κ1) is 36.1. The third-order valence-electron chi connectivity index (χ3n) is 6.72. The van der Waals surface area contributed by atoms with Gasteiger partial charge in [0.1, 0.15) is 6.29 Å². The number of ether oxygens (including phenoxy) is 2. The van der Waals surface area contributed by atoms with E-state index in [0.717, 1.165) is 29.5 Å². The zero-order valence-electron chi connectivity index (χ0n) is 25.3. The molecule has 1 amide bonds. The minimum absolute atomic E-state index is 0.0330. The molecule has 0 saturated heterocycles. The van der Waals surface area contributed by atoms with Crippen molar-refractivity contribution in [2.45, 2.75) is 71.6 Å². The topological polar surface area (TPSA) is 168 Å². The van der Waals surface area contributed by atoms with Gasteiger partial charge in [0.25, 0.3) is 0 Å². The predicted molar refractivity (Wildman–Crippen MR) is 165 cm³/mol. The van der Waals surface area contributed by atoms with Crippen LogP contribution in [0.1, 0.15) is 58.4 Å². The molecule has 0 bridgehead atoms. The monoisotopic (exact) mass is 619 g/mol. The first-order valence-electron chi connectivity index (χ1n) is 14.7. The molecule has 43 heavy (non-hydrogen) atoms. The van der Waals surface area contributed by atoms with E-state index in [9.17, 15) is 28.7 Å². The summed E-state index contributed by atoms with van der Waals surface area (Å²) in [7, 11) is -4.70. The van der Waals surface area contributed by atoms with Gasteiger partial charge in [-0.1, -0.05) is 75.4 Å². The number of rotatable bonds is 19. The molecular weight excluding hydrogens is 573 g/mol. The number of hydrogen-bond acceptors (Lipinski definition) is 8. The van der Waals surface area contributed by atoms with Gasteiger partial charge in [-0.15, -0.1) is 0 Å². The molecular formula is C31H46N3O8P. The van der Waals surface area contributed by atoms with Gasteiger partial charge in [-0.05, 0) is 48.9 Å². The number of hydrogen-bond donors (Lipinski definition) is 4. The first-order valence-corrected chi connectivity index (χ1v) is 16.5. The highest BCUT2D eigenvalue weighted by Gasteiger charge is 2.39. The maximum absolute atomic E-state index is 13.6. The van der Waals surface area contributed by atoms with Crippen molar-refractivity contribution >= 4 is 25.4 Å². The summed E-state index contributed by atoms with van der Waals surface area (Å²) in [5.74, 6) is -1.98. The number of unbranched alkanes of at least 4 members (excludes halogenated alkanes) is 2. The summed E-state index contributed by atoms with van der Waals surface area (Å²) in [5.41, 5.74) is 8.19. The zero-order chi connectivity index (χ0) is 31.8. The SMILES string of the molecule is CCC(=O)OC(C(C)C)N(CP(=O)(O)O)C(Cc1ccc(-c2ccccc2)cc1)C(=O)NCCC(=O)OCCCCCN. The standard InChI is InChI=1S/C31H46N3O8P/c1-4-28(35)42-31(23(2)3)34(22-43(38,39)40)27(30(37)33-19-17-29(36)41-20-10-6-9-18-32)21-24-13-15-26(16-14-24)25-11-7-5-8-12-25/h5,7-8,11-16,23,27,31H,4,6,9-10,17-22,32H2,1-3H3,(H,33,37)(H2,38,39,40). The summed E-state index contributed by atoms with van der Waals surface area (Å²) in [5, 5.41) is 2.72. The number of carbonyl (C=O) groups is 3. The van der Waals surface area contributed by atoms with Gasteiger partial charge in [0.05, 0.1) is 19.1 Å². The van der Waals surface area contributed by atoms with Crippen molar-refractivity contribution in [1.82, 2.24) is 10.2 Å². The molecule has 2 rings (SSSR count). The van der Waals surface area contributed by atoms with Gasteiger partial charge in [0, 0.05) is 18.9 Å². The van der Waals surface area contributed by atoms with Gasteiger partial charge in [0.2, 0.25) is 5.91 Å². The lowest BCUT2D eigenvalue weighted by Gasteiger charge is -2.38. The summed E-state index contributed by atoms with van der Waals surface area (Å²) in [6.07, 6.45) is 0.556. The molecule has 0 spiro atoms. The van der Waals surface area contributed by atoms with E-state index in [-0.39, 0.29) is 32.4 Å². The maximum Gasteiger partial charge on any atom is 0.339 e. The molecule has 2 aromatic carbocycles. The number of nitrogens with two attached hydrogens (primary N) is 1.